The molecule has 0 aromatic carbocycles. The van der Waals surface area contributed by atoms with Crippen LogP contribution in [0.5, 0.6) is 0 Å². The van der Waals surface area contributed by atoms with E-state index in [2.05, 4.69) is 23.1 Å². The van der Waals surface area contributed by atoms with Gasteiger partial charge in [0, 0.05) is 6.04 Å². The van der Waals surface area contributed by atoms with E-state index in [4.69, 9.17) is 0 Å². The van der Waals surface area contributed by atoms with Gasteiger partial charge in [0.2, 0.25) is 0 Å². The molecule has 0 bridgehead atoms. The summed E-state index contributed by atoms with van der Waals surface area (Å²) in [6, 6.07) is 0.801. The Morgan fingerprint density at radius 3 is 2.79 bits per heavy atom. The van der Waals surface area contributed by atoms with Gasteiger partial charge in [-0.15, -0.1) is 0 Å². The lowest BCUT2D eigenvalue weighted by atomic mass is 10.0. The third-order valence-corrected chi connectivity index (χ3v) is 4.03. The van der Waals surface area contributed by atoms with E-state index < -0.39 is 0 Å². The van der Waals surface area contributed by atoms with Gasteiger partial charge in [-0.05, 0) is 50.3 Å². The largest absolute Gasteiger partial charge is 0.297 e. The molecule has 1 nitrogen and oxygen atoms in total. The van der Waals surface area contributed by atoms with Gasteiger partial charge in [-0.1, -0.05) is 24.6 Å². The maximum absolute atomic E-state index is 2.72. The second-order valence-corrected chi connectivity index (χ2v) is 4.85. The molecule has 3 rings (SSSR count). The first-order valence-electron chi connectivity index (χ1n) is 6.07. The lowest BCUT2D eigenvalue weighted by Gasteiger charge is -2.33. The summed E-state index contributed by atoms with van der Waals surface area (Å²) in [5.74, 6) is 0.807. The molecule has 0 aromatic heterocycles. The minimum Gasteiger partial charge on any atom is -0.297 e. The number of nitrogens with zero attached hydrogens (tertiary/aromatic N) is 1. The average molecular weight is 189 g/mol. The van der Waals surface area contributed by atoms with Gasteiger partial charge in [0.05, 0.1) is 0 Å². The van der Waals surface area contributed by atoms with Crippen molar-refractivity contribution in [1.82, 2.24) is 4.90 Å². The number of rotatable bonds is 1. The monoisotopic (exact) mass is 189 g/mol. The van der Waals surface area contributed by atoms with Gasteiger partial charge in [0.15, 0.2) is 0 Å². The standard InChI is InChI=1S/C13H19N/c1-2-9-14(10-3-1)13-8-7-11-5-4-6-12(11)13/h4-6,11,13H,1-3,7-10H2. The van der Waals surface area contributed by atoms with E-state index in [0.717, 1.165) is 12.0 Å². The van der Waals surface area contributed by atoms with Gasteiger partial charge in [0.1, 0.15) is 0 Å². The summed E-state index contributed by atoms with van der Waals surface area (Å²) < 4.78 is 0. The van der Waals surface area contributed by atoms with Gasteiger partial charge >= 0.3 is 0 Å². The van der Waals surface area contributed by atoms with Crippen LogP contribution in [0.2, 0.25) is 0 Å². The number of hydrogen-bond donors (Lipinski definition) is 0. The summed E-state index contributed by atoms with van der Waals surface area (Å²) in [6.07, 6.45) is 14.1. The van der Waals surface area contributed by atoms with E-state index in [9.17, 15) is 0 Å². The van der Waals surface area contributed by atoms with Crippen LogP contribution in [0.15, 0.2) is 23.8 Å². The molecule has 0 spiro atoms. The summed E-state index contributed by atoms with van der Waals surface area (Å²) in [6.45, 7) is 2.68. The van der Waals surface area contributed by atoms with Gasteiger partial charge in [0.25, 0.3) is 0 Å². The molecular weight excluding hydrogens is 170 g/mol. The summed E-state index contributed by atoms with van der Waals surface area (Å²) in [5, 5.41) is 0. The van der Waals surface area contributed by atoms with Crippen molar-refractivity contribution in [3.8, 4) is 0 Å². The first-order chi connectivity index (χ1) is 6.95. The van der Waals surface area contributed by atoms with Crippen molar-refractivity contribution < 1.29 is 0 Å². The van der Waals surface area contributed by atoms with Crippen LogP contribution in [0, 0.1) is 5.92 Å². The highest BCUT2D eigenvalue weighted by Crippen LogP contribution is 2.39. The molecule has 0 aromatic rings. The molecule has 2 atom stereocenters. The number of likely N-dealkylation sites (tertiary alicyclic amines) is 1. The smallest absolute Gasteiger partial charge is 0.0316 e. The topological polar surface area (TPSA) is 3.24 Å². The molecule has 0 N–H and O–H groups in total. The second kappa shape index (κ2) is 3.54. The van der Waals surface area contributed by atoms with Crippen molar-refractivity contribution in [2.24, 2.45) is 5.92 Å². The molecule has 14 heavy (non-hydrogen) atoms. The molecular formula is C13H19N. The van der Waals surface area contributed by atoms with Crippen LogP contribution in [0.3, 0.4) is 0 Å². The van der Waals surface area contributed by atoms with E-state index in [-0.39, 0.29) is 0 Å². The first kappa shape index (κ1) is 8.72. The zero-order valence-corrected chi connectivity index (χ0v) is 8.78. The van der Waals surface area contributed by atoms with Crippen LogP contribution in [0.1, 0.15) is 32.1 Å². The zero-order chi connectivity index (χ0) is 9.38. The van der Waals surface area contributed by atoms with Crippen LogP contribution in [-0.2, 0) is 0 Å². The molecule has 2 fully saturated rings. The third kappa shape index (κ3) is 1.35. The van der Waals surface area contributed by atoms with E-state index in [1.54, 1.807) is 5.57 Å². The van der Waals surface area contributed by atoms with Crippen molar-refractivity contribution in [3.05, 3.63) is 23.8 Å². The first-order valence-corrected chi connectivity index (χ1v) is 6.07. The number of hydrogen-bond acceptors (Lipinski definition) is 1. The van der Waals surface area contributed by atoms with Crippen LogP contribution < -0.4 is 0 Å². The van der Waals surface area contributed by atoms with Gasteiger partial charge in [-0.2, -0.15) is 0 Å². The van der Waals surface area contributed by atoms with Crippen LogP contribution in [0.25, 0.3) is 0 Å². The molecule has 0 radical (unpaired) electrons. The molecule has 1 saturated carbocycles. The van der Waals surface area contributed by atoms with Crippen LogP contribution in [-0.4, -0.2) is 24.0 Å². The highest BCUT2D eigenvalue weighted by molar-refractivity contribution is 5.34. The van der Waals surface area contributed by atoms with Crippen molar-refractivity contribution in [1.29, 1.82) is 0 Å². The molecule has 0 amide bonds. The Morgan fingerprint density at radius 2 is 1.93 bits per heavy atom. The van der Waals surface area contributed by atoms with Crippen molar-refractivity contribution in [2.75, 3.05) is 13.1 Å². The van der Waals surface area contributed by atoms with Gasteiger partial charge in [-0.25, -0.2) is 0 Å². The summed E-state index contributed by atoms with van der Waals surface area (Å²) in [7, 11) is 0. The van der Waals surface area contributed by atoms with E-state index in [1.807, 2.05) is 0 Å². The molecule has 1 aliphatic heterocycles. The van der Waals surface area contributed by atoms with Crippen molar-refractivity contribution in [3.63, 3.8) is 0 Å². The highest BCUT2D eigenvalue weighted by Gasteiger charge is 2.34. The van der Waals surface area contributed by atoms with E-state index in [1.165, 1.54) is 45.2 Å². The van der Waals surface area contributed by atoms with Crippen molar-refractivity contribution >= 4 is 0 Å². The number of allylic oxidation sites excluding steroid dienone is 3. The Bertz CT molecular complexity index is 271. The van der Waals surface area contributed by atoms with Gasteiger partial charge in [-0.3, -0.25) is 4.90 Å². The molecule has 2 aliphatic carbocycles. The minimum atomic E-state index is 0.801. The van der Waals surface area contributed by atoms with Crippen LogP contribution >= 0.6 is 0 Å². The number of piperidine rings is 1. The third-order valence-electron chi connectivity index (χ3n) is 4.03. The number of fused-ring (bicyclic) bond motifs is 1. The molecule has 2 unspecified atom stereocenters. The van der Waals surface area contributed by atoms with E-state index in [0.29, 0.717) is 0 Å². The minimum absolute atomic E-state index is 0.801. The predicted octanol–water partition coefficient (Wildman–Crippen LogP) is 2.75. The lowest BCUT2D eigenvalue weighted by Crippen LogP contribution is -2.38. The Hall–Kier alpha value is -0.560. The maximum atomic E-state index is 2.72. The predicted molar refractivity (Wildman–Crippen MR) is 59.2 cm³/mol. The molecule has 1 saturated heterocycles. The van der Waals surface area contributed by atoms with Crippen LogP contribution in [0.4, 0.5) is 0 Å². The summed E-state index contributed by atoms with van der Waals surface area (Å²) >= 11 is 0. The quantitative estimate of drug-likeness (QED) is 0.613. The molecule has 1 heterocycles. The zero-order valence-electron chi connectivity index (χ0n) is 8.78. The Labute approximate surface area is 86.5 Å². The Balaban J connectivity index is 1.73. The summed E-state index contributed by atoms with van der Waals surface area (Å²) in [4.78, 5) is 2.72. The molecule has 1 heteroatoms. The Morgan fingerprint density at radius 1 is 1.07 bits per heavy atom. The normalized spacial score (nSPS) is 37.3. The van der Waals surface area contributed by atoms with Crippen molar-refractivity contribution in [2.45, 2.75) is 38.1 Å². The fraction of sp³-hybridized carbons (Fsp3) is 0.692. The molecule has 3 aliphatic rings. The maximum Gasteiger partial charge on any atom is 0.0316 e. The average Bonchev–Trinajstić information content (AvgIpc) is 2.79. The fourth-order valence-corrected chi connectivity index (χ4v) is 3.28. The Kier molecular flexibility index (Phi) is 2.21. The van der Waals surface area contributed by atoms with E-state index >= 15 is 0 Å². The SMILES string of the molecule is C1=CC2CCC(N3CCCCC3)C2=C1. The summed E-state index contributed by atoms with van der Waals surface area (Å²) in [5.41, 5.74) is 1.71. The highest BCUT2D eigenvalue weighted by atomic mass is 15.2. The fourth-order valence-electron chi connectivity index (χ4n) is 3.28. The van der Waals surface area contributed by atoms with Gasteiger partial charge < -0.3 is 0 Å². The molecule has 76 valence electrons. The second-order valence-electron chi connectivity index (χ2n) is 4.85. The lowest BCUT2D eigenvalue weighted by molar-refractivity contribution is 0.186.